The molecule has 3 rings (SSSR count). The van der Waals surface area contributed by atoms with Crippen LogP contribution in [0.15, 0.2) is 23.1 Å². The maximum atomic E-state index is 12.2. The lowest BCUT2D eigenvalue weighted by atomic mass is 10.2. The highest BCUT2D eigenvalue weighted by Gasteiger charge is 2.46. The van der Waals surface area contributed by atoms with E-state index in [9.17, 15) is 13.2 Å². The summed E-state index contributed by atoms with van der Waals surface area (Å²) in [5.74, 6) is 0.0680. The van der Waals surface area contributed by atoms with E-state index in [-0.39, 0.29) is 29.3 Å². The molecule has 23 heavy (non-hydrogen) atoms. The quantitative estimate of drug-likeness (QED) is 0.699. The van der Waals surface area contributed by atoms with Gasteiger partial charge in [0.25, 0.3) is 0 Å². The van der Waals surface area contributed by atoms with Gasteiger partial charge in [0.2, 0.25) is 15.9 Å². The molecule has 0 atom stereocenters. The van der Waals surface area contributed by atoms with Crippen LogP contribution in [0, 0.1) is 0 Å². The zero-order valence-corrected chi connectivity index (χ0v) is 14.3. The Morgan fingerprint density at radius 2 is 2.00 bits per heavy atom. The van der Waals surface area contributed by atoms with Crippen LogP contribution in [0.2, 0.25) is 0 Å². The molecule has 0 heterocycles. The molecule has 9 heteroatoms. The van der Waals surface area contributed by atoms with Crippen molar-refractivity contribution in [1.82, 2.24) is 4.72 Å². The molecule has 4 N–H and O–H groups in total. The number of nitrogens with one attached hydrogen (secondary N) is 2. The van der Waals surface area contributed by atoms with E-state index in [0.29, 0.717) is 24.3 Å². The van der Waals surface area contributed by atoms with Gasteiger partial charge in [-0.3, -0.25) is 4.79 Å². The Hall–Kier alpha value is -1.35. The predicted molar refractivity (Wildman–Crippen MR) is 88.4 cm³/mol. The maximum Gasteiger partial charge on any atom is 0.244 e. The van der Waals surface area contributed by atoms with Crippen molar-refractivity contribution in [2.75, 3.05) is 12.4 Å². The lowest BCUT2D eigenvalue weighted by Gasteiger charge is -2.15. The van der Waals surface area contributed by atoms with Gasteiger partial charge in [-0.1, -0.05) is 0 Å². The highest BCUT2D eigenvalue weighted by atomic mass is 35.5. The Morgan fingerprint density at radius 3 is 2.52 bits per heavy atom. The lowest BCUT2D eigenvalue weighted by molar-refractivity contribution is -0.118. The van der Waals surface area contributed by atoms with Crippen LogP contribution >= 0.6 is 12.4 Å². The van der Waals surface area contributed by atoms with Crippen molar-refractivity contribution in [3.63, 3.8) is 0 Å². The number of carbonyl (C=O) groups is 1. The van der Waals surface area contributed by atoms with Crippen LogP contribution in [-0.4, -0.2) is 33.0 Å². The topological polar surface area (TPSA) is 111 Å². The lowest BCUT2D eigenvalue weighted by Crippen LogP contribution is -2.38. The van der Waals surface area contributed by atoms with Crippen LogP contribution in [0.25, 0.3) is 0 Å². The minimum atomic E-state index is -3.59. The number of benzene rings is 1. The van der Waals surface area contributed by atoms with Crippen LogP contribution in [0.1, 0.15) is 25.7 Å². The third kappa shape index (κ3) is 3.95. The summed E-state index contributed by atoms with van der Waals surface area (Å²) < 4.78 is 32.3. The van der Waals surface area contributed by atoms with Crippen LogP contribution in [0.3, 0.4) is 0 Å². The summed E-state index contributed by atoms with van der Waals surface area (Å²) in [7, 11) is -2.13. The van der Waals surface area contributed by atoms with Gasteiger partial charge in [-0.05, 0) is 43.9 Å². The van der Waals surface area contributed by atoms with Gasteiger partial charge in [-0.25, -0.2) is 13.1 Å². The van der Waals surface area contributed by atoms with Crippen molar-refractivity contribution in [2.45, 2.75) is 42.2 Å². The van der Waals surface area contributed by atoms with Crippen molar-refractivity contribution in [3.8, 4) is 5.75 Å². The number of amides is 1. The number of nitrogens with two attached hydrogens (primary N) is 1. The third-order valence-electron chi connectivity index (χ3n) is 3.87. The van der Waals surface area contributed by atoms with E-state index in [1.54, 1.807) is 0 Å². The van der Waals surface area contributed by atoms with Gasteiger partial charge in [0.1, 0.15) is 5.75 Å². The second-order valence-corrected chi connectivity index (χ2v) is 7.58. The highest BCUT2D eigenvalue weighted by Crippen LogP contribution is 2.35. The molecule has 0 bridgehead atoms. The molecule has 0 aliphatic heterocycles. The SMILES string of the molecule is COc1ccc(S(=O)(=O)NC2CC2)cc1NC(=O)C1(N)CC1.Cl. The fourth-order valence-electron chi connectivity index (χ4n) is 2.05. The summed E-state index contributed by atoms with van der Waals surface area (Å²) in [5.41, 5.74) is 5.31. The number of anilines is 1. The minimum Gasteiger partial charge on any atom is -0.495 e. The summed E-state index contributed by atoms with van der Waals surface area (Å²) in [6.07, 6.45) is 2.97. The van der Waals surface area contributed by atoms with Crippen molar-refractivity contribution in [3.05, 3.63) is 18.2 Å². The number of sulfonamides is 1. The molecule has 2 aliphatic carbocycles. The van der Waals surface area contributed by atoms with Gasteiger partial charge in [0.15, 0.2) is 0 Å². The molecule has 2 aliphatic rings. The number of hydrogen-bond acceptors (Lipinski definition) is 5. The van der Waals surface area contributed by atoms with Crippen LogP contribution in [-0.2, 0) is 14.8 Å². The van der Waals surface area contributed by atoms with Crippen LogP contribution < -0.4 is 20.5 Å². The van der Waals surface area contributed by atoms with Crippen LogP contribution in [0.4, 0.5) is 5.69 Å². The molecule has 0 unspecified atom stereocenters. The largest absolute Gasteiger partial charge is 0.495 e. The van der Waals surface area contributed by atoms with Crippen molar-refractivity contribution >= 4 is 34.0 Å². The van der Waals surface area contributed by atoms with Gasteiger partial charge in [0, 0.05) is 6.04 Å². The molecule has 2 saturated carbocycles. The first-order valence-electron chi connectivity index (χ1n) is 7.15. The maximum absolute atomic E-state index is 12.2. The van der Waals surface area contributed by atoms with Gasteiger partial charge in [-0.2, -0.15) is 0 Å². The average Bonchev–Trinajstić information content (AvgIpc) is 3.38. The zero-order chi connectivity index (χ0) is 16.0. The third-order valence-corrected chi connectivity index (χ3v) is 5.39. The van der Waals surface area contributed by atoms with E-state index in [2.05, 4.69) is 10.0 Å². The molecular formula is C14H20ClN3O4S. The number of ether oxygens (including phenoxy) is 1. The Bertz CT molecular complexity index is 715. The molecule has 1 amide bonds. The highest BCUT2D eigenvalue weighted by molar-refractivity contribution is 7.89. The van der Waals surface area contributed by atoms with E-state index in [1.807, 2.05) is 0 Å². The molecule has 7 nitrogen and oxygen atoms in total. The average molecular weight is 362 g/mol. The van der Waals surface area contributed by atoms with E-state index < -0.39 is 15.6 Å². The Balaban J connectivity index is 0.00000192. The van der Waals surface area contributed by atoms with Gasteiger partial charge in [-0.15, -0.1) is 12.4 Å². The van der Waals surface area contributed by atoms with Crippen LogP contribution in [0.5, 0.6) is 5.75 Å². The molecule has 0 radical (unpaired) electrons. The van der Waals surface area contributed by atoms with Crippen molar-refractivity contribution in [1.29, 1.82) is 0 Å². The Kier molecular flexibility index (Phi) is 4.91. The smallest absolute Gasteiger partial charge is 0.244 e. The van der Waals surface area contributed by atoms with E-state index in [1.165, 1.54) is 25.3 Å². The minimum absolute atomic E-state index is 0. The van der Waals surface area contributed by atoms with Gasteiger partial charge < -0.3 is 15.8 Å². The number of rotatable bonds is 6. The summed E-state index contributed by atoms with van der Waals surface area (Å²) >= 11 is 0. The standard InChI is InChI=1S/C14H19N3O4S.ClH/c1-21-12-5-4-10(22(19,20)17-9-2-3-9)8-11(12)16-13(18)14(15)6-7-14;/h4-5,8-9,17H,2-3,6-7,15H2,1H3,(H,16,18);1H. The molecule has 2 fully saturated rings. The first-order valence-corrected chi connectivity index (χ1v) is 8.63. The number of methoxy groups -OCH3 is 1. The molecule has 0 aromatic heterocycles. The molecule has 0 saturated heterocycles. The van der Waals surface area contributed by atoms with E-state index in [0.717, 1.165) is 12.8 Å². The first kappa shape index (κ1) is 18.0. The molecule has 1 aromatic carbocycles. The summed E-state index contributed by atoms with van der Waals surface area (Å²) in [5, 5.41) is 2.66. The summed E-state index contributed by atoms with van der Waals surface area (Å²) in [6.45, 7) is 0. The van der Waals surface area contributed by atoms with Gasteiger partial charge in [0.05, 0.1) is 23.2 Å². The number of carbonyl (C=O) groups excluding carboxylic acids is 1. The summed E-state index contributed by atoms with van der Waals surface area (Å²) in [6, 6.07) is 4.39. The van der Waals surface area contributed by atoms with Crippen molar-refractivity contribution < 1.29 is 17.9 Å². The second-order valence-electron chi connectivity index (χ2n) is 5.87. The number of halogens is 1. The normalized spacial score (nSPS) is 18.7. The predicted octanol–water partition coefficient (Wildman–Crippen LogP) is 0.987. The van der Waals surface area contributed by atoms with E-state index in [4.69, 9.17) is 10.5 Å². The second kappa shape index (κ2) is 6.27. The zero-order valence-electron chi connectivity index (χ0n) is 12.7. The Morgan fingerprint density at radius 1 is 1.35 bits per heavy atom. The fraction of sp³-hybridized carbons (Fsp3) is 0.500. The monoisotopic (exact) mass is 361 g/mol. The van der Waals surface area contributed by atoms with Gasteiger partial charge >= 0.3 is 0 Å². The molecule has 128 valence electrons. The molecule has 0 spiro atoms. The van der Waals surface area contributed by atoms with E-state index >= 15 is 0 Å². The molecular weight excluding hydrogens is 342 g/mol. The number of hydrogen-bond donors (Lipinski definition) is 3. The fourth-order valence-corrected chi connectivity index (χ4v) is 3.38. The molecule has 1 aromatic rings. The summed E-state index contributed by atoms with van der Waals surface area (Å²) in [4.78, 5) is 12.2. The van der Waals surface area contributed by atoms with Crippen molar-refractivity contribution in [2.24, 2.45) is 5.73 Å². The first-order chi connectivity index (χ1) is 10.3. The Labute approximate surface area is 141 Å².